The molecule has 0 heterocycles. The Morgan fingerprint density at radius 2 is 2.18 bits per heavy atom. The number of nitrogens with one attached hydrogen (secondary N) is 1. The molecular formula is C17H23NO4. The molecule has 0 aromatic heterocycles. The molecule has 5 nitrogen and oxygen atoms in total. The minimum absolute atomic E-state index is 0.00823. The Hall–Kier alpha value is -2.04. The van der Waals surface area contributed by atoms with Gasteiger partial charge in [0.15, 0.2) is 0 Å². The van der Waals surface area contributed by atoms with Crippen molar-refractivity contribution in [2.24, 2.45) is 5.92 Å². The second-order valence-electron chi connectivity index (χ2n) is 5.99. The van der Waals surface area contributed by atoms with Gasteiger partial charge in [-0.2, -0.15) is 0 Å². The summed E-state index contributed by atoms with van der Waals surface area (Å²) in [6.07, 6.45) is 2.32. The van der Waals surface area contributed by atoms with Crippen LogP contribution in [-0.2, 0) is 9.59 Å². The van der Waals surface area contributed by atoms with Crippen molar-refractivity contribution in [1.29, 1.82) is 0 Å². The van der Waals surface area contributed by atoms with E-state index in [9.17, 15) is 9.59 Å². The Kier molecular flexibility index (Phi) is 5.41. The van der Waals surface area contributed by atoms with E-state index in [1.807, 2.05) is 31.2 Å². The van der Waals surface area contributed by atoms with E-state index in [4.69, 9.17) is 9.84 Å². The van der Waals surface area contributed by atoms with Crippen LogP contribution in [0.1, 0.15) is 44.1 Å². The van der Waals surface area contributed by atoms with E-state index < -0.39 is 5.97 Å². The topological polar surface area (TPSA) is 75.6 Å². The van der Waals surface area contributed by atoms with Crippen LogP contribution in [0.2, 0.25) is 0 Å². The summed E-state index contributed by atoms with van der Waals surface area (Å²) < 4.78 is 5.20. The SMILES string of the molecule is COc1cccc(C(C)CC(=O)N[C@@H]2CC[C@H](C(=O)O)C2)c1. The molecule has 1 aromatic rings. The first-order valence-corrected chi connectivity index (χ1v) is 7.65. The average Bonchev–Trinajstić information content (AvgIpc) is 2.95. The molecule has 1 amide bonds. The van der Waals surface area contributed by atoms with E-state index in [1.165, 1.54) is 0 Å². The van der Waals surface area contributed by atoms with Gasteiger partial charge in [-0.25, -0.2) is 0 Å². The first-order chi connectivity index (χ1) is 10.5. The summed E-state index contributed by atoms with van der Waals surface area (Å²) in [5.74, 6) is -0.231. The lowest BCUT2D eigenvalue weighted by atomic mass is 9.97. The van der Waals surface area contributed by atoms with E-state index in [-0.39, 0.29) is 23.8 Å². The normalized spacial score (nSPS) is 22.1. The highest BCUT2D eigenvalue weighted by Crippen LogP contribution is 2.27. The number of carbonyl (C=O) groups is 2. The molecule has 5 heteroatoms. The number of carboxylic acids is 1. The molecule has 0 aliphatic heterocycles. The summed E-state index contributed by atoms with van der Waals surface area (Å²) in [7, 11) is 1.62. The van der Waals surface area contributed by atoms with Crippen molar-refractivity contribution in [3.8, 4) is 5.75 Å². The fourth-order valence-electron chi connectivity index (χ4n) is 2.97. The van der Waals surface area contributed by atoms with E-state index in [0.717, 1.165) is 17.7 Å². The second-order valence-corrected chi connectivity index (χ2v) is 5.99. The van der Waals surface area contributed by atoms with Gasteiger partial charge in [0.25, 0.3) is 0 Å². The number of carbonyl (C=O) groups excluding carboxylic acids is 1. The van der Waals surface area contributed by atoms with Crippen molar-refractivity contribution < 1.29 is 19.4 Å². The molecule has 1 aromatic carbocycles. The van der Waals surface area contributed by atoms with Crippen molar-refractivity contribution in [1.82, 2.24) is 5.32 Å². The zero-order valence-electron chi connectivity index (χ0n) is 13.0. The quantitative estimate of drug-likeness (QED) is 0.847. The summed E-state index contributed by atoms with van der Waals surface area (Å²) in [6.45, 7) is 2.00. The third-order valence-electron chi connectivity index (χ3n) is 4.30. The van der Waals surface area contributed by atoms with Crippen LogP contribution in [0.3, 0.4) is 0 Å². The monoisotopic (exact) mass is 305 g/mol. The van der Waals surface area contributed by atoms with Gasteiger partial charge in [0.05, 0.1) is 13.0 Å². The lowest BCUT2D eigenvalue weighted by molar-refractivity contribution is -0.141. The molecule has 1 fully saturated rings. The lowest BCUT2D eigenvalue weighted by Gasteiger charge is -2.16. The van der Waals surface area contributed by atoms with Crippen molar-refractivity contribution in [3.05, 3.63) is 29.8 Å². The van der Waals surface area contributed by atoms with E-state index in [2.05, 4.69) is 5.32 Å². The maximum Gasteiger partial charge on any atom is 0.306 e. The molecule has 1 saturated carbocycles. The fraction of sp³-hybridized carbons (Fsp3) is 0.529. The Morgan fingerprint density at radius 1 is 1.41 bits per heavy atom. The molecule has 0 saturated heterocycles. The first-order valence-electron chi connectivity index (χ1n) is 7.65. The largest absolute Gasteiger partial charge is 0.497 e. The molecule has 0 bridgehead atoms. The predicted octanol–water partition coefficient (Wildman–Crippen LogP) is 2.56. The summed E-state index contributed by atoms with van der Waals surface area (Å²) >= 11 is 0. The minimum Gasteiger partial charge on any atom is -0.497 e. The Balaban J connectivity index is 1.85. The van der Waals surface area contributed by atoms with Crippen LogP contribution in [0.15, 0.2) is 24.3 Å². The van der Waals surface area contributed by atoms with Crippen molar-refractivity contribution in [2.75, 3.05) is 7.11 Å². The predicted molar refractivity (Wildman–Crippen MR) is 82.9 cm³/mol. The van der Waals surface area contributed by atoms with Crippen molar-refractivity contribution in [3.63, 3.8) is 0 Å². The molecular weight excluding hydrogens is 282 g/mol. The van der Waals surface area contributed by atoms with Crippen LogP contribution in [0.4, 0.5) is 0 Å². The smallest absolute Gasteiger partial charge is 0.306 e. The third-order valence-corrected chi connectivity index (χ3v) is 4.30. The first kappa shape index (κ1) is 16.3. The number of hydrogen-bond donors (Lipinski definition) is 2. The standard InChI is InChI=1S/C17H23NO4/c1-11(12-4-3-5-15(10-12)22-2)8-16(19)18-14-7-6-13(9-14)17(20)21/h3-5,10-11,13-14H,6-9H2,1-2H3,(H,18,19)(H,20,21)/t11?,13-,14+/m0/s1. The van der Waals surface area contributed by atoms with Crippen molar-refractivity contribution >= 4 is 11.9 Å². The lowest BCUT2D eigenvalue weighted by Crippen LogP contribution is -2.33. The van der Waals surface area contributed by atoms with E-state index >= 15 is 0 Å². The van der Waals surface area contributed by atoms with Gasteiger partial charge >= 0.3 is 5.97 Å². The van der Waals surface area contributed by atoms with E-state index in [1.54, 1.807) is 7.11 Å². The van der Waals surface area contributed by atoms with Gasteiger partial charge in [0.2, 0.25) is 5.91 Å². The molecule has 1 aliphatic rings. The highest BCUT2D eigenvalue weighted by atomic mass is 16.5. The zero-order chi connectivity index (χ0) is 16.1. The highest BCUT2D eigenvalue weighted by Gasteiger charge is 2.30. The van der Waals surface area contributed by atoms with Gasteiger partial charge in [-0.1, -0.05) is 19.1 Å². The highest BCUT2D eigenvalue weighted by molar-refractivity contribution is 5.77. The summed E-state index contributed by atoms with van der Waals surface area (Å²) in [5, 5.41) is 11.9. The maximum absolute atomic E-state index is 12.1. The number of methoxy groups -OCH3 is 1. The summed E-state index contributed by atoms with van der Waals surface area (Å²) in [5.41, 5.74) is 1.06. The Bertz CT molecular complexity index is 543. The van der Waals surface area contributed by atoms with Gasteiger partial charge in [-0.3, -0.25) is 9.59 Å². The number of hydrogen-bond acceptors (Lipinski definition) is 3. The second kappa shape index (κ2) is 7.29. The Morgan fingerprint density at radius 3 is 2.82 bits per heavy atom. The minimum atomic E-state index is -0.763. The summed E-state index contributed by atoms with van der Waals surface area (Å²) in [4.78, 5) is 23.1. The third kappa shape index (κ3) is 4.23. The number of rotatable bonds is 6. The van der Waals surface area contributed by atoms with Crippen LogP contribution in [0.25, 0.3) is 0 Å². The number of benzene rings is 1. The van der Waals surface area contributed by atoms with E-state index in [0.29, 0.717) is 19.3 Å². The molecule has 22 heavy (non-hydrogen) atoms. The molecule has 120 valence electrons. The van der Waals surface area contributed by atoms with Gasteiger partial charge in [-0.15, -0.1) is 0 Å². The molecule has 3 atom stereocenters. The van der Waals surface area contributed by atoms with Crippen LogP contribution in [-0.4, -0.2) is 30.1 Å². The van der Waals surface area contributed by atoms with Crippen LogP contribution >= 0.6 is 0 Å². The van der Waals surface area contributed by atoms with Gasteiger partial charge in [0, 0.05) is 12.5 Å². The zero-order valence-corrected chi connectivity index (χ0v) is 13.0. The van der Waals surface area contributed by atoms with Crippen LogP contribution < -0.4 is 10.1 Å². The average molecular weight is 305 g/mol. The summed E-state index contributed by atoms with van der Waals surface area (Å²) in [6, 6.07) is 7.70. The van der Waals surface area contributed by atoms with Crippen LogP contribution in [0.5, 0.6) is 5.75 Å². The molecule has 2 N–H and O–H groups in total. The van der Waals surface area contributed by atoms with Crippen molar-refractivity contribution in [2.45, 2.75) is 44.6 Å². The fourth-order valence-corrected chi connectivity index (χ4v) is 2.97. The molecule has 0 radical (unpaired) electrons. The Labute approximate surface area is 130 Å². The molecule has 1 aliphatic carbocycles. The number of ether oxygens (including phenoxy) is 1. The molecule has 2 rings (SSSR count). The van der Waals surface area contributed by atoms with Gasteiger partial charge in [-0.05, 0) is 42.9 Å². The molecule has 1 unspecified atom stereocenters. The van der Waals surface area contributed by atoms with Gasteiger partial charge in [0.1, 0.15) is 5.75 Å². The maximum atomic E-state index is 12.1. The number of amides is 1. The number of carboxylic acid groups (broad SMARTS) is 1. The number of aliphatic carboxylic acids is 1. The van der Waals surface area contributed by atoms with Crippen LogP contribution in [0, 0.1) is 5.92 Å². The van der Waals surface area contributed by atoms with Gasteiger partial charge < -0.3 is 15.2 Å². The molecule has 0 spiro atoms.